The summed E-state index contributed by atoms with van der Waals surface area (Å²) in [6, 6.07) is 3.73. The molecule has 1 N–H and O–H groups in total. The van der Waals surface area contributed by atoms with Crippen LogP contribution in [0.3, 0.4) is 0 Å². The van der Waals surface area contributed by atoms with E-state index in [2.05, 4.69) is 5.32 Å². The quantitative estimate of drug-likeness (QED) is 0.803. The Hall–Kier alpha value is -1.71. The number of halogens is 2. The third-order valence-corrected chi connectivity index (χ3v) is 2.79. The van der Waals surface area contributed by atoms with Crippen molar-refractivity contribution in [2.75, 3.05) is 5.32 Å². The molecule has 0 saturated carbocycles. The van der Waals surface area contributed by atoms with E-state index in [1.807, 2.05) is 12.2 Å². The molecule has 1 aliphatic carbocycles. The molecule has 2 nitrogen and oxygen atoms in total. The number of carbonyl (C=O) groups excluding carboxylic acids is 1. The van der Waals surface area contributed by atoms with Crippen LogP contribution in [0.15, 0.2) is 30.4 Å². The van der Waals surface area contributed by atoms with Crippen molar-refractivity contribution in [1.29, 1.82) is 0 Å². The second-order valence-corrected chi connectivity index (χ2v) is 4.12. The Kier molecular flexibility index (Phi) is 3.52. The van der Waals surface area contributed by atoms with E-state index >= 15 is 0 Å². The van der Waals surface area contributed by atoms with Crippen LogP contribution in [-0.2, 0) is 4.79 Å². The lowest BCUT2D eigenvalue weighted by molar-refractivity contribution is -0.116. The third kappa shape index (κ3) is 2.90. The standard InChI is InChI=1S/C13H13F2NO/c14-10-6-3-7-11(13(10)15)16-12(17)8-9-4-1-2-5-9/h1,3-4,6-7,9H,2,5,8H2,(H,16,17)/t9-/m0/s1. The predicted molar refractivity (Wildman–Crippen MR) is 61.5 cm³/mol. The third-order valence-electron chi connectivity index (χ3n) is 2.79. The SMILES string of the molecule is O=C(C[C@H]1C=CCC1)Nc1cccc(F)c1F. The molecule has 0 spiro atoms. The Morgan fingerprint density at radius 1 is 1.41 bits per heavy atom. The van der Waals surface area contributed by atoms with Gasteiger partial charge in [0.1, 0.15) is 0 Å². The number of nitrogens with one attached hydrogen (secondary N) is 1. The molecule has 1 aliphatic rings. The molecule has 2 rings (SSSR count). The highest BCUT2D eigenvalue weighted by molar-refractivity contribution is 5.91. The van der Waals surface area contributed by atoms with E-state index in [1.165, 1.54) is 12.1 Å². The van der Waals surface area contributed by atoms with Crippen LogP contribution in [0, 0.1) is 17.6 Å². The van der Waals surface area contributed by atoms with Crippen molar-refractivity contribution in [1.82, 2.24) is 0 Å². The normalized spacial score (nSPS) is 18.4. The van der Waals surface area contributed by atoms with Gasteiger partial charge in [-0.25, -0.2) is 8.78 Å². The maximum absolute atomic E-state index is 13.3. The minimum absolute atomic E-state index is 0.100. The molecule has 17 heavy (non-hydrogen) atoms. The molecular weight excluding hydrogens is 224 g/mol. The number of carbonyl (C=O) groups is 1. The van der Waals surface area contributed by atoms with Gasteiger partial charge in [-0.2, -0.15) is 0 Å². The molecular formula is C13H13F2NO. The van der Waals surface area contributed by atoms with E-state index in [-0.39, 0.29) is 17.5 Å². The predicted octanol–water partition coefficient (Wildman–Crippen LogP) is 3.26. The highest BCUT2D eigenvalue weighted by atomic mass is 19.2. The first kappa shape index (κ1) is 11.8. The zero-order chi connectivity index (χ0) is 12.3. The van der Waals surface area contributed by atoms with Crippen molar-refractivity contribution < 1.29 is 13.6 Å². The monoisotopic (exact) mass is 237 g/mol. The number of amides is 1. The topological polar surface area (TPSA) is 29.1 Å². The summed E-state index contributed by atoms with van der Waals surface area (Å²) in [4.78, 5) is 11.6. The molecule has 0 saturated heterocycles. The summed E-state index contributed by atoms with van der Waals surface area (Å²) in [5, 5.41) is 2.39. The zero-order valence-corrected chi connectivity index (χ0v) is 9.25. The van der Waals surface area contributed by atoms with Gasteiger partial charge in [0.05, 0.1) is 5.69 Å². The van der Waals surface area contributed by atoms with Gasteiger partial charge in [-0.1, -0.05) is 18.2 Å². The van der Waals surface area contributed by atoms with Gasteiger partial charge in [-0.05, 0) is 30.9 Å². The lowest BCUT2D eigenvalue weighted by atomic mass is 10.1. The Morgan fingerprint density at radius 2 is 2.24 bits per heavy atom. The highest BCUT2D eigenvalue weighted by Gasteiger charge is 2.16. The van der Waals surface area contributed by atoms with Crippen molar-refractivity contribution in [2.45, 2.75) is 19.3 Å². The molecule has 0 aromatic heterocycles. The molecule has 1 atom stereocenters. The van der Waals surface area contributed by atoms with Crippen molar-refractivity contribution in [2.24, 2.45) is 5.92 Å². The number of rotatable bonds is 3. The molecule has 1 aromatic rings. The number of benzene rings is 1. The fraction of sp³-hybridized carbons (Fsp3) is 0.308. The summed E-state index contributed by atoms with van der Waals surface area (Å²) in [6.07, 6.45) is 6.25. The van der Waals surface area contributed by atoms with E-state index in [9.17, 15) is 13.6 Å². The summed E-state index contributed by atoms with van der Waals surface area (Å²) in [5.74, 6) is -2.04. The van der Waals surface area contributed by atoms with E-state index in [0.717, 1.165) is 18.9 Å². The van der Waals surface area contributed by atoms with Gasteiger partial charge >= 0.3 is 0 Å². The van der Waals surface area contributed by atoms with Gasteiger partial charge in [-0.15, -0.1) is 0 Å². The molecule has 90 valence electrons. The fourth-order valence-electron chi connectivity index (χ4n) is 1.91. The largest absolute Gasteiger partial charge is 0.323 e. The Balaban J connectivity index is 1.98. The van der Waals surface area contributed by atoms with Crippen LogP contribution in [0.4, 0.5) is 14.5 Å². The summed E-state index contributed by atoms with van der Waals surface area (Å²) in [7, 11) is 0. The molecule has 1 amide bonds. The Morgan fingerprint density at radius 3 is 2.94 bits per heavy atom. The number of allylic oxidation sites excluding steroid dienone is 2. The first-order valence-corrected chi connectivity index (χ1v) is 5.57. The summed E-state index contributed by atoms with van der Waals surface area (Å²) in [5.41, 5.74) is -0.100. The van der Waals surface area contributed by atoms with Crippen LogP contribution in [0.25, 0.3) is 0 Å². The number of hydrogen-bond acceptors (Lipinski definition) is 1. The van der Waals surface area contributed by atoms with Crippen LogP contribution in [-0.4, -0.2) is 5.91 Å². The van der Waals surface area contributed by atoms with Crippen LogP contribution in [0.2, 0.25) is 0 Å². The van der Waals surface area contributed by atoms with Crippen molar-refractivity contribution >= 4 is 11.6 Å². The molecule has 0 fully saturated rings. The minimum Gasteiger partial charge on any atom is -0.323 e. The second-order valence-electron chi connectivity index (χ2n) is 4.12. The average molecular weight is 237 g/mol. The van der Waals surface area contributed by atoms with Crippen LogP contribution in [0.5, 0.6) is 0 Å². The number of anilines is 1. The molecule has 1 aromatic carbocycles. The van der Waals surface area contributed by atoms with E-state index in [0.29, 0.717) is 6.42 Å². The lowest BCUT2D eigenvalue weighted by Crippen LogP contribution is -2.16. The lowest BCUT2D eigenvalue weighted by Gasteiger charge is -2.09. The van der Waals surface area contributed by atoms with Gasteiger partial charge in [0, 0.05) is 6.42 Å². The molecule has 0 unspecified atom stereocenters. The maximum atomic E-state index is 13.3. The van der Waals surface area contributed by atoms with Gasteiger partial charge in [-0.3, -0.25) is 4.79 Å². The van der Waals surface area contributed by atoms with Crippen LogP contribution >= 0.6 is 0 Å². The van der Waals surface area contributed by atoms with Crippen molar-refractivity contribution in [3.05, 3.63) is 42.0 Å². The Labute approximate surface area is 98.3 Å². The fourth-order valence-corrected chi connectivity index (χ4v) is 1.91. The molecule has 0 bridgehead atoms. The highest BCUT2D eigenvalue weighted by Crippen LogP contribution is 2.22. The second kappa shape index (κ2) is 5.08. The van der Waals surface area contributed by atoms with E-state index < -0.39 is 11.6 Å². The summed E-state index contributed by atoms with van der Waals surface area (Å²) < 4.78 is 26.2. The van der Waals surface area contributed by atoms with Crippen molar-refractivity contribution in [3.8, 4) is 0 Å². The van der Waals surface area contributed by atoms with Gasteiger partial charge in [0.2, 0.25) is 5.91 Å². The smallest absolute Gasteiger partial charge is 0.225 e. The summed E-state index contributed by atoms with van der Waals surface area (Å²) in [6.45, 7) is 0. The maximum Gasteiger partial charge on any atom is 0.225 e. The van der Waals surface area contributed by atoms with Crippen LogP contribution < -0.4 is 5.32 Å². The van der Waals surface area contributed by atoms with Gasteiger partial charge < -0.3 is 5.32 Å². The Bertz CT molecular complexity index is 457. The zero-order valence-electron chi connectivity index (χ0n) is 9.25. The van der Waals surface area contributed by atoms with Crippen molar-refractivity contribution in [3.63, 3.8) is 0 Å². The molecule has 0 heterocycles. The van der Waals surface area contributed by atoms with Crippen LogP contribution in [0.1, 0.15) is 19.3 Å². The number of hydrogen-bond donors (Lipinski definition) is 1. The molecule has 0 radical (unpaired) electrons. The van der Waals surface area contributed by atoms with Gasteiger partial charge in [0.15, 0.2) is 11.6 Å². The molecule has 0 aliphatic heterocycles. The van der Waals surface area contributed by atoms with Gasteiger partial charge in [0.25, 0.3) is 0 Å². The molecule has 4 heteroatoms. The average Bonchev–Trinajstić information content (AvgIpc) is 2.77. The van der Waals surface area contributed by atoms with E-state index in [1.54, 1.807) is 0 Å². The first-order valence-electron chi connectivity index (χ1n) is 5.57. The summed E-state index contributed by atoms with van der Waals surface area (Å²) >= 11 is 0. The first-order chi connectivity index (χ1) is 8.16. The minimum atomic E-state index is -1.01. The van der Waals surface area contributed by atoms with E-state index in [4.69, 9.17) is 0 Å².